The molecule has 0 saturated carbocycles. The molecular formula is C18H24N4O2. The fourth-order valence-corrected chi connectivity index (χ4v) is 2.95. The van der Waals surface area contributed by atoms with Crippen molar-refractivity contribution in [2.75, 3.05) is 25.5 Å². The van der Waals surface area contributed by atoms with E-state index in [4.69, 9.17) is 9.84 Å². The Morgan fingerprint density at radius 2 is 1.88 bits per heavy atom. The van der Waals surface area contributed by atoms with Crippen LogP contribution in [-0.2, 0) is 13.2 Å². The van der Waals surface area contributed by atoms with Gasteiger partial charge < -0.3 is 15.2 Å². The number of likely N-dealkylation sites (tertiary alicyclic amines) is 1. The van der Waals surface area contributed by atoms with Gasteiger partial charge in [0.15, 0.2) is 0 Å². The minimum absolute atomic E-state index is 0.101. The third-order valence-corrected chi connectivity index (χ3v) is 4.37. The lowest BCUT2D eigenvalue weighted by Crippen LogP contribution is -2.38. The van der Waals surface area contributed by atoms with Crippen LogP contribution in [0.4, 0.5) is 5.95 Å². The molecule has 0 atom stereocenters. The number of benzene rings is 1. The Kier molecular flexibility index (Phi) is 5.61. The molecule has 6 nitrogen and oxygen atoms in total. The summed E-state index contributed by atoms with van der Waals surface area (Å²) in [5, 5.41) is 12.5. The van der Waals surface area contributed by atoms with E-state index in [1.54, 1.807) is 19.4 Å². The van der Waals surface area contributed by atoms with Crippen molar-refractivity contribution in [1.82, 2.24) is 14.9 Å². The van der Waals surface area contributed by atoms with Crippen LogP contribution in [0, 0.1) is 0 Å². The van der Waals surface area contributed by atoms with E-state index in [9.17, 15) is 0 Å². The Labute approximate surface area is 142 Å². The summed E-state index contributed by atoms with van der Waals surface area (Å²) in [6.45, 7) is 3.14. The van der Waals surface area contributed by atoms with Crippen LogP contribution in [0.3, 0.4) is 0 Å². The van der Waals surface area contributed by atoms with E-state index in [0.717, 1.165) is 38.0 Å². The summed E-state index contributed by atoms with van der Waals surface area (Å²) >= 11 is 0. The molecule has 2 heterocycles. The van der Waals surface area contributed by atoms with E-state index in [0.29, 0.717) is 17.9 Å². The summed E-state index contributed by atoms with van der Waals surface area (Å²) in [7, 11) is 1.61. The molecular weight excluding hydrogens is 304 g/mol. The van der Waals surface area contributed by atoms with Crippen LogP contribution in [0.15, 0.2) is 36.5 Å². The zero-order valence-electron chi connectivity index (χ0n) is 14.0. The fourth-order valence-electron chi connectivity index (χ4n) is 2.95. The first-order chi connectivity index (χ1) is 11.8. The van der Waals surface area contributed by atoms with Crippen molar-refractivity contribution in [2.45, 2.75) is 32.0 Å². The second-order valence-corrected chi connectivity index (χ2v) is 6.09. The minimum atomic E-state index is 0.101. The van der Waals surface area contributed by atoms with Gasteiger partial charge in [-0.2, -0.15) is 4.98 Å². The highest BCUT2D eigenvalue weighted by Gasteiger charge is 2.19. The quantitative estimate of drug-likeness (QED) is 0.846. The first-order valence-electron chi connectivity index (χ1n) is 8.31. The van der Waals surface area contributed by atoms with Gasteiger partial charge in [0.05, 0.1) is 13.7 Å². The zero-order chi connectivity index (χ0) is 16.8. The van der Waals surface area contributed by atoms with Crippen molar-refractivity contribution in [3.63, 3.8) is 0 Å². The predicted molar refractivity (Wildman–Crippen MR) is 92.9 cm³/mol. The van der Waals surface area contributed by atoms with E-state index < -0.39 is 0 Å². The molecule has 1 aliphatic rings. The highest BCUT2D eigenvalue weighted by molar-refractivity contribution is 5.29. The van der Waals surface area contributed by atoms with Crippen molar-refractivity contribution in [2.24, 2.45) is 0 Å². The van der Waals surface area contributed by atoms with Gasteiger partial charge in [-0.15, -0.1) is 0 Å². The summed E-state index contributed by atoms with van der Waals surface area (Å²) in [5.41, 5.74) is 2.25. The van der Waals surface area contributed by atoms with Crippen molar-refractivity contribution in [3.05, 3.63) is 47.7 Å². The lowest BCUT2D eigenvalue weighted by atomic mass is 10.0. The molecule has 128 valence electrons. The Morgan fingerprint density at radius 3 is 2.54 bits per heavy atom. The normalized spacial score (nSPS) is 16.1. The number of hydrogen-bond acceptors (Lipinski definition) is 6. The number of ether oxygens (including phenoxy) is 1. The van der Waals surface area contributed by atoms with Gasteiger partial charge in [-0.3, -0.25) is 4.90 Å². The molecule has 0 unspecified atom stereocenters. The van der Waals surface area contributed by atoms with Gasteiger partial charge >= 0.3 is 0 Å². The first-order valence-corrected chi connectivity index (χ1v) is 8.31. The number of nitrogens with zero attached hydrogens (tertiary/aromatic N) is 3. The topological polar surface area (TPSA) is 70.5 Å². The van der Waals surface area contributed by atoms with E-state index in [1.807, 2.05) is 12.1 Å². The molecule has 2 N–H and O–H groups in total. The summed E-state index contributed by atoms with van der Waals surface area (Å²) in [5.74, 6) is 1.21. The van der Waals surface area contributed by atoms with Gasteiger partial charge in [0.2, 0.25) is 11.8 Å². The second kappa shape index (κ2) is 8.08. The molecule has 6 heteroatoms. The summed E-state index contributed by atoms with van der Waals surface area (Å²) < 4.78 is 5.13. The van der Waals surface area contributed by atoms with Gasteiger partial charge in [-0.25, -0.2) is 4.98 Å². The number of aliphatic hydroxyl groups excluding tert-OH is 1. The van der Waals surface area contributed by atoms with Crippen LogP contribution in [0.25, 0.3) is 0 Å². The molecule has 24 heavy (non-hydrogen) atoms. The fraction of sp³-hybridized carbons (Fsp3) is 0.444. The maximum absolute atomic E-state index is 9.10. The largest absolute Gasteiger partial charge is 0.481 e. The molecule has 1 fully saturated rings. The molecule has 0 amide bonds. The van der Waals surface area contributed by atoms with Crippen LogP contribution >= 0.6 is 0 Å². The van der Waals surface area contributed by atoms with Crippen LogP contribution in [0.5, 0.6) is 5.88 Å². The Bertz CT molecular complexity index is 640. The van der Waals surface area contributed by atoms with E-state index >= 15 is 0 Å². The van der Waals surface area contributed by atoms with Crippen molar-refractivity contribution in [1.29, 1.82) is 0 Å². The molecule has 0 bridgehead atoms. The molecule has 3 rings (SSSR count). The van der Waals surface area contributed by atoms with Crippen molar-refractivity contribution >= 4 is 5.95 Å². The van der Waals surface area contributed by atoms with Crippen molar-refractivity contribution in [3.8, 4) is 5.88 Å². The molecule has 2 aromatic rings. The lowest BCUT2D eigenvalue weighted by Gasteiger charge is -2.32. The minimum Gasteiger partial charge on any atom is -0.481 e. The number of methoxy groups -OCH3 is 1. The maximum Gasteiger partial charge on any atom is 0.226 e. The van der Waals surface area contributed by atoms with Crippen molar-refractivity contribution < 1.29 is 9.84 Å². The number of piperidine rings is 1. The molecule has 0 spiro atoms. The second-order valence-electron chi connectivity index (χ2n) is 6.09. The molecule has 0 radical (unpaired) electrons. The van der Waals surface area contributed by atoms with E-state index in [-0.39, 0.29) is 6.61 Å². The molecule has 1 aromatic heterocycles. The molecule has 1 aromatic carbocycles. The van der Waals surface area contributed by atoms with Gasteiger partial charge in [0.1, 0.15) is 0 Å². The van der Waals surface area contributed by atoms with Gasteiger partial charge in [0, 0.05) is 37.9 Å². The number of rotatable bonds is 6. The van der Waals surface area contributed by atoms with Crippen LogP contribution in [0.2, 0.25) is 0 Å². The van der Waals surface area contributed by atoms with Gasteiger partial charge in [-0.05, 0) is 24.0 Å². The smallest absolute Gasteiger partial charge is 0.226 e. The van der Waals surface area contributed by atoms with Crippen LogP contribution in [-0.4, -0.2) is 46.2 Å². The molecule has 1 aliphatic heterocycles. The highest BCUT2D eigenvalue weighted by Crippen LogP contribution is 2.17. The van der Waals surface area contributed by atoms with E-state index in [1.165, 1.54) is 5.56 Å². The average molecular weight is 328 g/mol. The highest BCUT2D eigenvalue weighted by atomic mass is 16.5. The average Bonchev–Trinajstić information content (AvgIpc) is 2.64. The van der Waals surface area contributed by atoms with Crippen LogP contribution in [0.1, 0.15) is 24.0 Å². The lowest BCUT2D eigenvalue weighted by molar-refractivity contribution is 0.211. The molecule has 1 saturated heterocycles. The predicted octanol–water partition coefficient (Wildman–Crippen LogP) is 2.05. The number of aromatic nitrogens is 2. The SMILES string of the molecule is COc1ccnc(NC2CCN(Cc3ccc(CO)cc3)CC2)n1. The maximum atomic E-state index is 9.10. The summed E-state index contributed by atoms with van der Waals surface area (Å²) in [6.07, 6.45) is 3.84. The number of aliphatic hydroxyl groups is 1. The van der Waals surface area contributed by atoms with Gasteiger partial charge in [0.25, 0.3) is 0 Å². The molecule has 0 aliphatic carbocycles. The number of hydrogen-bond donors (Lipinski definition) is 2. The summed E-state index contributed by atoms with van der Waals surface area (Å²) in [6, 6.07) is 10.3. The first kappa shape index (κ1) is 16.7. The standard InChI is InChI=1S/C18H24N4O2/c1-24-17-6-9-19-18(21-17)20-16-7-10-22(11-8-16)12-14-2-4-15(13-23)5-3-14/h2-6,9,16,23H,7-8,10-13H2,1H3,(H,19,20,21). The summed E-state index contributed by atoms with van der Waals surface area (Å²) in [4.78, 5) is 11.0. The monoisotopic (exact) mass is 328 g/mol. The third kappa shape index (κ3) is 4.43. The van der Waals surface area contributed by atoms with E-state index in [2.05, 4.69) is 32.3 Å². The van der Waals surface area contributed by atoms with Crippen LogP contribution < -0.4 is 10.1 Å². The number of anilines is 1. The zero-order valence-corrected chi connectivity index (χ0v) is 14.0. The third-order valence-electron chi connectivity index (χ3n) is 4.37. The Balaban J connectivity index is 1.48. The Hall–Kier alpha value is -2.18. The Morgan fingerprint density at radius 1 is 1.17 bits per heavy atom. The van der Waals surface area contributed by atoms with Gasteiger partial charge in [-0.1, -0.05) is 24.3 Å². The number of nitrogens with one attached hydrogen (secondary N) is 1.